The Morgan fingerprint density at radius 2 is 1.71 bits per heavy atom. The van der Waals surface area contributed by atoms with Gasteiger partial charge in [-0.25, -0.2) is 0 Å². The quantitative estimate of drug-likeness (QED) is 0.210. The molecule has 0 radical (unpaired) electrons. The maximum Gasteiger partial charge on any atom is 0.243 e. The first-order valence-electron chi connectivity index (χ1n) is 11.9. The van der Waals surface area contributed by atoms with Crippen LogP contribution in [0.2, 0.25) is 5.02 Å². The number of amides is 4. The minimum Gasteiger partial charge on any atom is -0.508 e. The van der Waals surface area contributed by atoms with Gasteiger partial charge in [0.2, 0.25) is 23.6 Å². The Bertz CT molecular complexity index is 1220. The van der Waals surface area contributed by atoms with Crippen LogP contribution in [0, 0.1) is 0 Å². The van der Waals surface area contributed by atoms with Crippen LogP contribution in [0.15, 0.2) is 36.4 Å². The van der Waals surface area contributed by atoms with Crippen molar-refractivity contribution in [1.29, 1.82) is 0 Å². The number of aliphatic hydroxyl groups excluding tert-OH is 1. The Hall–Kier alpha value is -3.71. The number of nitrogens with two attached hydrogens (primary N) is 3. The fourth-order valence-electron chi connectivity index (χ4n) is 4.05. The second kappa shape index (κ2) is 12.7. The first-order valence-corrected chi connectivity index (χ1v) is 12.3. The number of carbonyl (C=O) groups excluding carboxylic acids is 4. The van der Waals surface area contributed by atoms with Gasteiger partial charge in [0.15, 0.2) is 0 Å². The molecular formula is C25H31ClN6O6. The molecule has 38 heavy (non-hydrogen) atoms. The van der Waals surface area contributed by atoms with Gasteiger partial charge in [-0.15, -0.1) is 0 Å². The number of aromatic hydroxyl groups is 1. The molecule has 4 bridgehead atoms. The van der Waals surface area contributed by atoms with Gasteiger partial charge in [0.1, 0.15) is 17.8 Å². The largest absolute Gasteiger partial charge is 0.508 e. The van der Waals surface area contributed by atoms with Gasteiger partial charge in [-0.1, -0.05) is 23.7 Å². The number of aliphatic hydroxyl groups is 1. The van der Waals surface area contributed by atoms with Gasteiger partial charge in [-0.3, -0.25) is 19.2 Å². The van der Waals surface area contributed by atoms with Crippen LogP contribution in [0.1, 0.15) is 17.5 Å². The molecule has 0 spiro atoms. The van der Waals surface area contributed by atoms with Crippen molar-refractivity contribution in [1.82, 2.24) is 16.0 Å². The Labute approximate surface area is 223 Å². The fraction of sp³-hybridized carbons (Fsp3) is 0.360. The number of phenolic OH excluding ortho intramolecular Hbond substituents is 1. The number of nitrogens with one attached hydrogen (secondary N) is 3. The predicted octanol–water partition coefficient (Wildman–Crippen LogP) is -1.58. The van der Waals surface area contributed by atoms with Gasteiger partial charge in [0, 0.05) is 30.8 Å². The summed E-state index contributed by atoms with van der Waals surface area (Å²) in [4.78, 5) is 50.3. The number of fused-ring (bicyclic) bond motifs is 5. The molecular weight excluding hydrogens is 516 g/mol. The summed E-state index contributed by atoms with van der Waals surface area (Å²) in [5.74, 6) is -3.06. The maximum absolute atomic E-state index is 13.3. The van der Waals surface area contributed by atoms with Crippen LogP contribution in [-0.4, -0.2) is 71.2 Å². The molecule has 12 nitrogen and oxygen atoms in total. The van der Waals surface area contributed by atoms with Crippen LogP contribution < -0.4 is 33.2 Å². The summed E-state index contributed by atoms with van der Waals surface area (Å²) in [5, 5.41) is 28.2. The van der Waals surface area contributed by atoms with E-state index in [4.69, 9.17) is 28.8 Å². The molecule has 0 saturated carbocycles. The van der Waals surface area contributed by atoms with Crippen molar-refractivity contribution in [3.05, 3.63) is 52.5 Å². The van der Waals surface area contributed by atoms with Crippen molar-refractivity contribution >= 4 is 35.2 Å². The summed E-state index contributed by atoms with van der Waals surface area (Å²) in [6.45, 7) is -0.645. The minimum absolute atomic E-state index is 0.0438. The number of benzene rings is 2. The highest BCUT2D eigenvalue weighted by Crippen LogP contribution is 2.30. The van der Waals surface area contributed by atoms with E-state index in [-0.39, 0.29) is 31.6 Å². The molecule has 0 fully saturated rings. The van der Waals surface area contributed by atoms with E-state index in [9.17, 15) is 29.4 Å². The molecule has 3 rings (SSSR count). The number of carbonyl (C=O) groups is 4. The maximum atomic E-state index is 13.3. The Kier molecular flexibility index (Phi) is 9.64. The Morgan fingerprint density at radius 3 is 2.37 bits per heavy atom. The third kappa shape index (κ3) is 7.42. The van der Waals surface area contributed by atoms with Crippen LogP contribution in [0.25, 0.3) is 11.1 Å². The summed E-state index contributed by atoms with van der Waals surface area (Å²) in [6, 6.07) is 6.28. The highest BCUT2D eigenvalue weighted by molar-refractivity contribution is 6.31. The van der Waals surface area contributed by atoms with Crippen molar-refractivity contribution in [2.75, 3.05) is 13.1 Å². The Morgan fingerprint density at radius 1 is 1.05 bits per heavy atom. The molecule has 1 aliphatic heterocycles. The third-order valence-corrected chi connectivity index (χ3v) is 6.51. The van der Waals surface area contributed by atoms with Gasteiger partial charge >= 0.3 is 0 Å². The Balaban J connectivity index is 2.09. The molecule has 1 heterocycles. The number of halogens is 1. The van der Waals surface area contributed by atoms with Crippen LogP contribution in [0.3, 0.4) is 0 Å². The molecule has 13 heteroatoms. The van der Waals surface area contributed by atoms with Crippen molar-refractivity contribution in [3.8, 4) is 16.9 Å². The zero-order chi connectivity index (χ0) is 28.0. The second-order valence-corrected chi connectivity index (χ2v) is 9.50. The van der Waals surface area contributed by atoms with E-state index in [1.54, 1.807) is 30.3 Å². The normalized spacial score (nSPS) is 20.8. The van der Waals surface area contributed by atoms with E-state index < -0.39 is 54.4 Å². The molecule has 11 N–H and O–H groups in total. The minimum atomic E-state index is -1.30. The first-order chi connectivity index (χ1) is 18.0. The lowest BCUT2D eigenvalue weighted by atomic mass is 9.96. The highest BCUT2D eigenvalue weighted by atomic mass is 35.5. The molecule has 4 amide bonds. The van der Waals surface area contributed by atoms with Crippen LogP contribution in [0.5, 0.6) is 5.75 Å². The summed E-state index contributed by atoms with van der Waals surface area (Å²) < 4.78 is 0. The lowest BCUT2D eigenvalue weighted by Gasteiger charge is -2.25. The van der Waals surface area contributed by atoms with Gasteiger partial charge < -0.3 is 43.4 Å². The monoisotopic (exact) mass is 546 g/mol. The topological polar surface area (TPSA) is 223 Å². The lowest BCUT2D eigenvalue weighted by Crippen LogP contribution is -2.57. The molecule has 204 valence electrons. The summed E-state index contributed by atoms with van der Waals surface area (Å²) in [5.41, 5.74) is 19.0. The lowest BCUT2D eigenvalue weighted by molar-refractivity contribution is -0.133. The number of hydrogen-bond donors (Lipinski definition) is 8. The van der Waals surface area contributed by atoms with E-state index in [1.165, 1.54) is 6.07 Å². The average molecular weight is 547 g/mol. The molecule has 0 unspecified atom stereocenters. The van der Waals surface area contributed by atoms with E-state index in [0.29, 0.717) is 27.3 Å². The summed E-state index contributed by atoms with van der Waals surface area (Å²) >= 11 is 6.43. The van der Waals surface area contributed by atoms with Crippen molar-refractivity contribution < 1.29 is 29.4 Å². The first kappa shape index (κ1) is 28.9. The zero-order valence-corrected chi connectivity index (χ0v) is 21.2. The van der Waals surface area contributed by atoms with Crippen LogP contribution in [-0.2, 0) is 32.0 Å². The summed E-state index contributed by atoms with van der Waals surface area (Å²) in [7, 11) is 0. The van der Waals surface area contributed by atoms with Gasteiger partial charge in [-0.2, -0.15) is 0 Å². The van der Waals surface area contributed by atoms with E-state index in [0.717, 1.165) is 0 Å². The predicted molar refractivity (Wildman–Crippen MR) is 140 cm³/mol. The number of primary amides is 1. The van der Waals surface area contributed by atoms with Crippen molar-refractivity contribution in [2.24, 2.45) is 17.2 Å². The van der Waals surface area contributed by atoms with Crippen molar-refractivity contribution in [3.63, 3.8) is 0 Å². The number of hydrogen-bond acceptors (Lipinski definition) is 8. The second-order valence-electron chi connectivity index (χ2n) is 9.10. The number of rotatable bonds is 6. The molecule has 2 aromatic rings. The van der Waals surface area contributed by atoms with E-state index in [2.05, 4.69) is 16.0 Å². The van der Waals surface area contributed by atoms with Crippen LogP contribution >= 0.6 is 11.6 Å². The average Bonchev–Trinajstić information content (AvgIpc) is 2.88. The van der Waals surface area contributed by atoms with Gasteiger partial charge in [-0.05, 0) is 46.5 Å². The molecule has 1 aliphatic rings. The standard InChI is InChI=1S/C25H31ClN6O6/c26-17-3-1-12-5-14(17)8-19(24(37)30-11-22(29)35)32-25(38)20(9-16(33)10-27)31-23(36)18(28)7-15-6-13(12)2-4-21(15)34/h1-6,16,18-20,33-34H,7-11,27-28H2,(H2,29,35)(H,30,37)(H,31,36)(H,32,38)/t16-,18+,19+,20+/m1/s1. The van der Waals surface area contributed by atoms with Crippen molar-refractivity contribution in [2.45, 2.75) is 43.5 Å². The third-order valence-electron chi connectivity index (χ3n) is 6.14. The molecule has 0 aromatic heterocycles. The SMILES string of the molecule is NC[C@H](O)C[C@@H]1NC(=O)[C@@H](N)Cc2cc(ccc2O)-c2ccc(Cl)c(c2)C[C@@H](C(=O)NCC(N)=O)NC1=O. The van der Waals surface area contributed by atoms with E-state index in [1.807, 2.05) is 0 Å². The van der Waals surface area contributed by atoms with Gasteiger partial charge in [0.05, 0.1) is 18.7 Å². The number of phenols is 1. The zero-order valence-electron chi connectivity index (χ0n) is 20.4. The molecule has 2 aromatic carbocycles. The highest BCUT2D eigenvalue weighted by Gasteiger charge is 2.31. The molecule has 0 saturated heterocycles. The van der Waals surface area contributed by atoms with Crippen LogP contribution in [0.4, 0.5) is 0 Å². The fourth-order valence-corrected chi connectivity index (χ4v) is 4.24. The molecule has 0 aliphatic carbocycles. The smallest absolute Gasteiger partial charge is 0.243 e. The van der Waals surface area contributed by atoms with E-state index >= 15 is 0 Å². The summed E-state index contributed by atoms with van der Waals surface area (Å²) in [6.07, 6.45) is -1.52. The molecule has 4 atom stereocenters. The van der Waals surface area contributed by atoms with Gasteiger partial charge in [0.25, 0.3) is 0 Å².